The molecule has 9 nitrogen and oxygen atoms in total. The summed E-state index contributed by atoms with van der Waals surface area (Å²) in [5.41, 5.74) is 7.47. The summed E-state index contributed by atoms with van der Waals surface area (Å²) < 4.78 is 5.35. The van der Waals surface area contributed by atoms with Crippen molar-refractivity contribution < 1.29 is 23.9 Å². The fourth-order valence-corrected chi connectivity index (χ4v) is 5.10. The molecule has 0 bridgehead atoms. The van der Waals surface area contributed by atoms with E-state index in [0.717, 1.165) is 49.7 Å². The average Bonchev–Trinajstić information content (AvgIpc) is 3.53. The zero-order valence-electron chi connectivity index (χ0n) is 23.6. The molecule has 9 heteroatoms. The van der Waals surface area contributed by atoms with E-state index in [2.05, 4.69) is 10.6 Å². The van der Waals surface area contributed by atoms with Crippen molar-refractivity contribution in [2.24, 2.45) is 11.7 Å². The Morgan fingerprint density at radius 1 is 1.08 bits per heavy atom. The molecule has 2 aliphatic carbocycles. The smallest absolute Gasteiger partial charge is 0.408 e. The van der Waals surface area contributed by atoms with Gasteiger partial charge in [-0.1, -0.05) is 44.4 Å². The van der Waals surface area contributed by atoms with E-state index in [9.17, 15) is 19.2 Å². The van der Waals surface area contributed by atoms with Crippen molar-refractivity contribution >= 4 is 23.8 Å². The standard InChI is InChI=1S/C29H44N4O5/c1-17-12-13-20(14-18(17)2)25(26(35)31-21-10-8-7-9-11-21)33(23-15-19(23)3)27(36)22(16-24(30)34)32-28(37)38-29(4,5)6/h12-14,19,21-23,25H,7-11,15-16H2,1-6H3,(H2,30,34)(H,31,35)(H,32,37). The molecule has 210 valence electrons. The molecule has 2 fully saturated rings. The van der Waals surface area contributed by atoms with Crippen LogP contribution in [0.2, 0.25) is 0 Å². The first-order chi connectivity index (χ1) is 17.8. The fraction of sp³-hybridized carbons (Fsp3) is 0.655. The lowest BCUT2D eigenvalue weighted by Gasteiger charge is -2.36. The Bertz CT molecular complexity index is 1040. The molecule has 3 rings (SSSR count). The van der Waals surface area contributed by atoms with Gasteiger partial charge in [-0.15, -0.1) is 0 Å². The van der Waals surface area contributed by atoms with Gasteiger partial charge in [0.25, 0.3) is 0 Å². The number of rotatable bonds is 9. The maximum absolute atomic E-state index is 14.1. The van der Waals surface area contributed by atoms with Gasteiger partial charge in [-0.25, -0.2) is 4.79 Å². The molecule has 4 atom stereocenters. The molecular formula is C29H44N4O5. The molecular weight excluding hydrogens is 484 g/mol. The summed E-state index contributed by atoms with van der Waals surface area (Å²) in [6.07, 6.45) is 4.58. The Morgan fingerprint density at radius 3 is 2.24 bits per heavy atom. The number of nitrogens with two attached hydrogens (primary N) is 1. The Labute approximate surface area is 226 Å². The van der Waals surface area contributed by atoms with Crippen LogP contribution < -0.4 is 16.4 Å². The Morgan fingerprint density at radius 2 is 1.71 bits per heavy atom. The van der Waals surface area contributed by atoms with Crippen LogP contribution >= 0.6 is 0 Å². The molecule has 4 amide bonds. The zero-order valence-corrected chi connectivity index (χ0v) is 23.6. The average molecular weight is 529 g/mol. The van der Waals surface area contributed by atoms with Crippen LogP contribution in [0.4, 0.5) is 4.79 Å². The first-order valence-electron chi connectivity index (χ1n) is 13.7. The summed E-state index contributed by atoms with van der Waals surface area (Å²) in [5, 5.41) is 5.74. The third-order valence-corrected chi connectivity index (χ3v) is 7.40. The summed E-state index contributed by atoms with van der Waals surface area (Å²) in [6, 6.07) is 3.46. The van der Waals surface area contributed by atoms with E-state index in [-0.39, 0.29) is 23.9 Å². The van der Waals surface area contributed by atoms with Gasteiger partial charge in [0.1, 0.15) is 17.7 Å². The second-order valence-electron chi connectivity index (χ2n) is 12.0. The highest BCUT2D eigenvalue weighted by Gasteiger charge is 2.48. The van der Waals surface area contributed by atoms with E-state index in [1.54, 1.807) is 25.7 Å². The summed E-state index contributed by atoms with van der Waals surface area (Å²) in [5.74, 6) is -1.34. The first-order valence-corrected chi connectivity index (χ1v) is 13.7. The molecule has 1 aromatic carbocycles. The van der Waals surface area contributed by atoms with Crippen molar-refractivity contribution in [2.75, 3.05) is 0 Å². The van der Waals surface area contributed by atoms with Crippen molar-refractivity contribution in [1.29, 1.82) is 0 Å². The lowest BCUT2D eigenvalue weighted by molar-refractivity contribution is -0.144. The maximum Gasteiger partial charge on any atom is 0.408 e. The maximum atomic E-state index is 14.1. The van der Waals surface area contributed by atoms with Gasteiger partial charge in [0, 0.05) is 12.1 Å². The molecule has 2 aliphatic rings. The fourth-order valence-electron chi connectivity index (χ4n) is 5.10. The molecule has 4 N–H and O–H groups in total. The number of primary amides is 1. The van der Waals surface area contributed by atoms with Crippen LogP contribution in [0, 0.1) is 19.8 Å². The highest BCUT2D eigenvalue weighted by Crippen LogP contribution is 2.41. The number of ether oxygens (including phenoxy) is 1. The molecule has 2 saturated carbocycles. The highest BCUT2D eigenvalue weighted by atomic mass is 16.6. The van der Waals surface area contributed by atoms with E-state index < -0.39 is 42.0 Å². The first kappa shape index (κ1) is 29.5. The third-order valence-electron chi connectivity index (χ3n) is 7.40. The number of nitrogens with one attached hydrogen (secondary N) is 2. The van der Waals surface area contributed by atoms with E-state index in [4.69, 9.17) is 10.5 Å². The van der Waals surface area contributed by atoms with E-state index in [1.807, 2.05) is 39.0 Å². The monoisotopic (exact) mass is 528 g/mol. The number of hydrogen-bond acceptors (Lipinski definition) is 5. The van der Waals surface area contributed by atoms with Crippen LogP contribution in [0.1, 0.15) is 95.4 Å². The molecule has 1 aromatic rings. The molecule has 0 aliphatic heterocycles. The lowest BCUT2D eigenvalue weighted by atomic mass is 9.94. The predicted molar refractivity (Wildman–Crippen MR) is 145 cm³/mol. The molecule has 0 heterocycles. The van der Waals surface area contributed by atoms with Crippen LogP contribution in [-0.2, 0) is 19.1 Å². The summed E-state index contributed by atoms with van der Waals surface area (Å²) in [6.45, 7) is 11.1. The number of carbonyl (C=O) groups is 4. The second-order valence-corrected chi connectivity index (χ2v) is 12.0. The van der Waals surface area contributed by atoms with Crippen LogP contribution in [0.15, 0.2) is 18.2 Å². The van der Waals surface area contributed by atoms with Crippen LogP contribution in [0.5, 0.6) is 0 Å². The third kappa shape index (κ3) is 7.95. The number of nitrogens with zero attached hydrogens (tertiary/aromatic N) is 1. The number of benzene rings is 1. The van der Waals surface area contributed by atoms with Crippen molar-refractivity contribution in [3.05, 3.63) is 34.9 Å². The largest absolute Gasteiger partial charge is 0.444 e. The van der Waals surface area contributed by atoms with Crippen LogP contribution in [0.3, 0.4) is 0 Å². The van der Waals surface area contributed by atoms with Crippen LogP contribution in [-0.4, -0.2) is 52.4 Å². The van der Waals surface area contributed by atoms with Crippen molar-refractivity contribution in [1.82, 2.24) is 15.5 Å². The van der Waals surface area contributed by atoms with Crippen molar-refractivity contribution in [3.8, 4) is 0 Å². The topological polar surface area (TPSA) is 131 Å². The minimum atomic E-state index is -1.26. The van der Waals surface area contributed by atoms with Gasteiger partial charge < -0.3 is 26.0 Å². The minimum absolute atomic E-state index is 0.0557. The van der Waals surface area contributed by atoms with E-state index in [0.29, 0.717) is 5.56 Å². The normalized spacial score (nSPS) is 21.1. The van der Waals surface area contributed by atoms with Crippen molar-refractivity contribution in [2.45, 2.75) is 116 Å². The van der Waals surface area contributed by atoms with Gasteiger partial charge in [-0.2, -0.15) is 0 Å². The Kier molecular flexibility index (Phi) is 9.44. The lowest BCUT2D eigenvalue weighted by Crippen LogP contribution is -2.55. The van der Waals surface area contributed by atoms with Gasteiger partial charge in [0.05, 0.1) is 6.42 Å². The minimum Gasteiger partial charge on any atom is -0.444 e. The Hall–Kier alpha value is -3.10. The number of amides is 4. The highest BCUT2D eigenvalue weighted by molar-refractivity contribution is 5.95. The molecule has 38 heavy (non-hydrogen) atoms. The van der Waals surface area contributed by atoms with Gasteiger partial charge in [0.2, 0.25) is 17.7 Å². The predicted octanol–water partition coefficient (Wildman–Crippen LogP) is 3.80. The molecule has 4 unspecified atom stereocenters. The molecule has 0 radical (unpaired) electrons. The number of aryl methyl sites for hydroxylation is 2. The van der Waals surface area contributed by atoms with Gasteiger partial charge in [-0.05, 0) is 76.5 Å². The van der Waals surface area contributed by atoms with E-state index in [1.165, 1.54) is 0 Å². The second kappa shape index (κ2) is 12.2. The quantitative estimate of drug-likeness (QED) is 0.449. The Balaban J connectivity index is 2.00. The van der Waals surface area contributed by atoms with Gasteiger partial charge in [-0.3, -0.25) is 14.4 Å². The van der Waals surface area contributed by atoms with Gasteiger partial charge in [0.15, 0.2) is 0 Å². The van der Waals surface area contributed by atoms with Gasteiger partial charge >= 0.3 is 6.09 Å². The molecule has 0 saturated heterocycles. The van der Waals surface area contributed by atoms with Crippen molar-refractivity contribution in [3.63, 3.8) is 0 Å². The summed E-state index contributed by atoms with van der Waals surface area (Å²) in [7, 11) is 0. The van der Waals surface area contributed by atoms with Crippen LogP contribution in [0.25, 0.3) is 0 Å². The number of carbonyl (C=O) groups excluding carboxylic acids is 4. The summed E-state index contributed by atoms with van der Waals surface area (Å²) >= 11 is 0. The zero-order chi connectivity index (χ0) is 28.2. The number of alkyl carbamates (subject to hydrolysis) is 1. The summed E-state index contributed by atoms with van der Waals surface area (Å²) in [4.78, 5) is 54.2. The molecule has 0 aromatic heterocycles. The van der Waals surface area contributed by atoms with E-state index >= 15 is 0 Å². The SMILES string of the molecule is Cc1ccc(C(C(=O)NC2CCCCC2)N(C(=O)C(CC(N)=O)NC(=O)OC(C)(C)C)C2CC2C)cc1C. The molecule has 0 spiro atoms. The number of hydrogen-bond donors (Lipinski definition) is 3.